The van der Waals surface area contributed by atoms with Crippen molar-refractivity contribution in [1.29, 1.82) is 0 Å². The number of hydrogen-bond acceptors (Lipinski definition) is 3. The van der Waals surface area contributed by atoms with E-state index < -0.39 is 23.9 Å². The highest BCUT2D eigenvalue weighted by Crippen LogP contribution is 2.17. The first kappa shape index (κ1) is 19.0. The summed E-state index contributed by atoms with van der Waals surface area (Å²) >= 11 is 5.81. The van der Waals surface area contributed by atoms with Gasteiger partial charge in [-0.3, -0.25) is 9.59 Å². The number of amides is 1. The second-order valence-corrected chi connectivity index (χ2v) is 5.52. The molecule has 1 atom stereocenters. The van der Waals surface area contributed by atoms with Gasteiger partial charge in [0, 0.05) is 23.0 Å². The van der Waals surface area contributed by atoms with E-state index in [1.165, 1.54) is 0 Å². The van der Waals surface area contributed by atoms with Crippen molar-refractivity contribution in [3.05, 3.63) is 41.6 Å². The number of allylic oxidation sites excluding steroid dienone is 1. The van der Waals surface area contributed by atoms with Crippen molar-refractivity contribution in [3.63, 3.8) is 0 Å². The summed E-state index contributed by atoms with van der Waals surface area (Å²) in [5, 5.41) is 5.55. The molecular formula is C15H16ClF3N2O2. The van der Waals surface area contributed by atoms with Crippen LogP contribution in [0.1, 0.15) is 13.8 Å². The van der Waals surface area contributed by atoms with E-state index in [4.69, 9.17) is 11.6 Å². The van der Waals surface area contributed by atoms with Crippen LogP contribution in [0.4, 0.5) is 18.9 Å². The molecule has 2 N–H and O–H groups in total. The number of rotatable bonds is 6. The molecule has 0 bridgehead atoms. The third-order valence-corrected chi connectivity index (χ3v) is 3.07. The number of carbonyl (C=O) groups is 2. The molecule has 1 amide bonds. The molecule has 0 radical (unpaired) electrons. The Morgan fingerprint density at radius 3 is 2.43 bits per heavy atom. The fourth-order valence-corrected chi connectivity index (χ4v) is 1.87. The highest BCUT2D eigenvalue weighted by atomic mass is 35.5. The van der Waals surface area contributed by atoms with E-state index in [0.29, 0.717) is 16.8 Å². The predicted octanol–water partition coefficient (Wildman–Crippen LogP) is 3.54. The largest absolute Gasteiger partial charge is 0.454 e. The summed E-state index contributed by atoms with van der Waals surface area (Å²) < 4.78 is 36.3. The van der Waals surface area contributed by atoms with Crippen molar-refractivity contribution in [3.8, 4) is 0 Å². The highest BCUT2D eigenvalue weighted by molar-refractivity contribution is 6.30. The van der Waals surface area contributed by atoms with Crippen molar-refractivity contribution in [1.82, 2.24) is 5.32 Å². The standard InChI is InChI=1S/C15H16ClF3N2O2/c1-9(2)13(20-7-6-12(22)15(17,18)19)14(23)21-11-5-3-4-10(16)8-11/h3-9,13,20H,1-2H3,(H,21,23). The first-order valence-corrected chi connectivity index (χ1v) is 7.09. The van der Waals surface area contributed by atoms with Gasteiger partial charge in [-0.1, -0.05) is 31.5 Å². The normalized spacial score (nSPS) is 13.2. The van der Waals surface area contributed by atoms with Crippen molar-refractivity contribution >= 4 is 29.0 Å². The van der Waals surface area contributed by atoms with E-state index in [0.717, 1.165) is 6.20 Å². The van der Waals surface area contributed by atoms with E-state index in [9.17, 15) is 22.8 Å². The van der Waals surface area contributed by atoms with Gasteiger partial charge < -0.3 is 10.6 Å². The Kier molecular flexibility index (Phi) is 6.62. The molecule has 0 fully saturated rings. The Morgan fingerprint density at radius 2 is 1.91 bits per heavy atom. The summed E-state index contributed by atoms with van der Waals surface area (Å²) in [6, 6.07) is 5.65. The number of nitrogens with one attached hydrogen (secondary N) is 2. The van der Waals surface area contributed by atoms with Crippen molar-refractivity contribution in [2.24, 2.45) is 5.92 Å². The monoisotopic (exact) mass is 348 g/mol. The topological polar surface area (TPSA) is 58.2 Å². The third kappa shape index (κ3) is 6.32. The van der Waals surface area contributed by atoms with Gasteiger partial charge in [-0.15, -0.1) is 0 Å². The lowest BCUT2D eigenvalue weighted by Crippen LogP contribution is -2.42. The number of carbonyl (C=O) groups excluding carboxylic acids is 2. The number of hydrogen-bond donors (Lipinski definition) is 2. The van der Waals surface area contributed by atoms with Crippen LogP contribution in [0.2, 0.25) is 5.02 Å². The third-order valence-electron chi connectivity index (χ3n) is 2.83. The van der Waals surface area contributed by atoms with Crippen LogP contribution in [0.25, 0.3) is 0 Å². The second-order valence-electron chi connectivity index (χ2n) is 5.08. The van der Waals surface area contributed by atoms with Crippen LogP contribution in [0.5, 0.6) is 0 Å². The molecule has 0 spiro atoms. The zero-order chi connectivity index (χ0) is 17.6. The molecule has 0 aromatic heterocycles. The Balaban J connectivity index is 2.73. The van der Waals surface area contributed by atoms with Gasteiger partial charge in [-0.25, -0.2) is 0 Å². The first-order chi connectivity index (χ1) is 10.6. The van der Waals surface area contributed by atoms with Gasteiger partial charge >= 0.3 is 6.18 Å². The SMILES string of the molecule is CC(C)C(NC=CC(=O)C(F)(F)F)C(=O)Nc1cccc(Cl)c1. The molecular weight excluding hydrogens is 333 g/mol. The average Bonchev–Trinajstić information content (AvgIpc) is 2.41. The van der Waals surface area contributed by atoms with Gasteiger partial charge in [0.15, 0.2) is 0 Å². The Morgan fingerprint density at radius 1 is 1.26 bits per heavy atom. The molecule has 4 nitrogen and oxygen atoms in total. The Hall–Kier alpha value is -2.02. The number of benzene rings is 1. The Labute approximate surface area is 136 Å². The zero-order valence-corrected chi connectivity index (χ0v) is 13.2. The molecule has 1 unspecified atom stereocenters. The summed E-state index contributed by atoms with van der Waals surface area (Å²) in [6.45, 7) is 3.43. The average molecular weight is 349 g/mol. The van der Waals surface area contributed by atoms with Gasteiger partial charge in [-0.05, 0) is 24.1 Å². The molecule has 1 rings (SSSR count). The van der Waals surface area contributed by atoms with Gasteiger partial charge in [0.25, 0.3) is 5.78 Å². The lowest BCUT2D eigenvalue weighted by molar-refractivity contribution is -0.165. The molecule has 1 aromatic carbocycles. The van der Waals surface area contributed by atoms with Crippen LogP contribution in [-0.4, -0.2) is 23.9 Å². The number of ketones is 1. The van der Waals surface area contributed by atoms with Crippen LogP contribution < -0.4 is 10.6 Å². The van der Waals surface area contributed by atoms with E-state index in [-0.39, 0.29) is 5.92 Å². The summed E-state index contributed by atoms with van der Waals surface area (Å²) in [4.78, 5) is 22.9. The van der Waals surface area contributed by atoms with Crippen molar-refractivity contribution in [2.45, 2.75) is 26.1 Å². The van der Waals surface area contributed by atoms with Gasteiger partial charge in [-0.2, -0.15) is 13.2 Å². The van der Waals surface area contributed by atoms with E-state index in [2.05, 4.69) is 10.6 Å². The number of anilines is 1. The summed E-state index contributed by atoms with van der Waals surface area (Å²) in [5.41, 5.74) is 0.463. The molecule has 126 valence electrons. The highest BCUT2D eigenvalue weighted by Gasteiger charge is 2.36. The lowest BCUT2D eigenvalue weighted by Gasteiger charge is -2.20. The summed E-state index contributed by atoms with van der Waals surface area (Å²) in [5.74, 6) is -2.67. The van der Waals surface area contributed by atoms with Gasteiger partial charge in [0.2, 0.25) is 5.91 Å². The molecule has 0 aliphatic heterocycles. The van der Waals surface area contributed by atoms with Crippen LogP contribution in [0, 0.1) is 5.92 Å². The van der Waals surface area contributed by atoms with Crippen LogP contribution in [-0.2, 0) is 9.59 Å². The lowest BCUT2D eigenvalue weighted by atomic mass is 10.0. The maximum atomic E-state index is 12.2. The summed E-state index contributed by atoms with van der Waals surface area (Å²) in [7, 11) is 0. The molecule has 0 saturated carbocycles. The van der Waals surface area contributed by atoms with E-state index in [1.807, 2.05) is 0 Å². The number of alkyl halides is 3. The maximum absolute atomic E-state index is 12.2. The minimum atomic E-state index is -4.94. The molecule has 23 heavy (non-hydrogen) atoms. The Bertz CT molecular complexity index is 601. The van der Waals surface area contributed by atoms with Crippen LogP contribution in [0.3, 0.4) is 0 Å². The maximum Gasteiger partial charge on any atom is 0.454 e. The second kappa shape index (κ2) is 8.01. The fraction of sp³-hybridized carbons (Fsp3) is 0.333. The molecule has 0 heterocycles. The molecule has 8 heteroatoms. The van der Waals surface area contributed by atoms with Crippen LogP contribution in [0.15, 0.2) is 36.5 Å². The fourth-order valence-electron chi connectivity index (χ4n) is 1.68. The van der Waals surface area contributed by atoms with Crippen molar-refractivity contribution in [2.75, 3.05) is 5.32 Å². The number of halogens is 4. The first-order valence-electron chi connectivity index (χ1n) is 6.71. The molecule has 0 aliphatic rings. The molecule has 0 aliphatic carbocycles. The van der Waals surface area contributed by atoms with E-state index in [1.54, 1.807) is 38.1 Å². The quantitative estimate of drug-likeness (QED) is 0.773. The summed E-state index contributed by atoms with van der Waals surface area (Å²) in [6.07, 6.45) is -3.76. The molecule has 1 aromatic rings. The van der Waals surface area contributed by atoms with Gasteiger partial charge in [0.05, 0.1) is 0 Å². The van der Waals surface area contributed by atoms with Crippen LogP contribution >= 0.6 is 11.6 Å². The minimum Gasteiger partial charge on any atom is -0.379 e. The zero-order valence-electron chi connectivity index (χ0n) is 12.4. The van der Waals surface area contributed by atoms with Crippen molar-refractivity contribution < 1.29 is 22.8 Å². The van der Waals surface area contributed by atoms with Gasteiger partial charge in [0.1, 0.15) is 6.04 Å². The smallest absolute Gasteiger partial charge is 0.379 e. The predicted molar refractivity (Wildman–Crippen MR) is 82.0 cm³/mol. The minimum absolute atomic E-state index is 0.222. The molecule has 0 saturated heterocycles. The van der Waals surface area contributed by atoms with E-state index >= 15 is 0 Å².